The average molecular weight is 289 g/mol. The zero-order valence-electron chi connectivity index (χ0n) is 14.0. The number of nitrogens with zero attached hydrogens (tertiary/aromatic N) is 1. The zero-order valence-corrected chi connectivity index (χ0v) is 14.0. The molecule has 0 aliphatic carbocycles. The molecular weight excluding hydrogens is 258 g/mol. The first-order chi connectivity index (χ1) is 10.0. The number of piperidine rings is 1. The van der Waals surface area contributed by atoms with Gasteiger partial charge in [0.25, 0.3) is 0 Å². The zero-order chi connectivity index (χ0) is 15.4. The van der Waals surface area contributed by atoms with E-state index >= 15 is 0 Å². The van der Waals surface area contributed by atoms with E-state index in [1.807, 2.05) is 0 Å². The molecule has 1 aliphatic rings. The number of nitrogens with two attached hydrogens (primary N) is 1. The van der Waals surface area contributed by atoms with Gasteiger partial charge in [0.2, 0.25) is 0 Å². The maximum absolute atomic E-state index is 6.02. The highest BCUT2D eigenvalue weighted by atomic mass is 15.5. The van der Waals surface area contributed by atoms with Crippen LogP contribution in [0.2, 0.25) is 0 Å². The smallest absolute Gasteiger partial charge is 0.0587 e. The summed E-state index contributed by atoms with van der Waals surface area (Å²) in [5.41, 5.74) is 12.4. The fourth-order valence-electron chi connectivity index (χ4n) is 3.23. The van der Waals surface area contributed by atoms with Crippen LogP contribution >= 0.6 is 0 Å². The maximum atomic E-state index is 6.02. The highest BCUT2D eigenvalue weighted by molar-refractivity contribution is 5.27. The summed E-state index contributed by atoms with van der Waals surface area (Å²) in [5.74, 6) is 0.575. The lowest BCUT2D eigenvalue weighted by atomic mass is 9.98. The Bertz CT molecular complexity index is 417. The summed E-state index contributed by atoms with van der Waals surface area (Å²) in [6.07, 6.45) is 3.86. The molecule has 1 aliphatic heterocycles. The molecule has 3 nitrogen and oxygen atoms in total. The molecule has 0 amide bonds. The van der Waals surface area contributed by atoms with Gasteiger partial charge in [0.1, 0.15) is 0 Å². The van der Waals surface area contributed by atoms with Crippen molar-refractivity contribution in [3.05, 3.63) is 35.4 Å². The van der Waals surface area contributed by atoms with Gasteiger partial charge in [0.15, 0.2) is 0 Å². The highest BCUT2D eigenvalue weighted by Gasteiger charge is 2.26. The first-order valence-electron chi connectivity index (χ1n) is 8.37. The predicted molar refractivity (Wildman–Crippen MR) is 90.1 cm³/mol. The molecule has 1 saturated heterocycles. The Morgan fingerprint density at radius 2 is 1.62 bits per heavy atom. The molecule has 0 bridgehead atoms. The third-order valence-corrected chi connectivity index (χ3v) is 4.74. The van der Waals surface area contributed by atoms with Gasteiger partial charge in [0.05, 0.1) is 6.04 Å². The summed E-state index contributed by atoms with van der Waals surface area (Å²) in [6.45, 7) is 9.68. The van der Waals surface area contributed by atoms with Crippen LogP contribution in [0.5, 0.6) is 0 Å². The molecule has 21 heavy (non-hydrogen) atoms. The van der Waals surface area contributed by atoms with Gasteiger partial charge in [-0.1, -0.05) is 44.5 Å². The van der Waals surface area contributed by atoms with Crippen LogP contribution in [0.25, 0.3) is 0 Å². The molecule has 3 atom stereocenters. The molecule has 0 saturated carbocycles. The number of hydrazine groups is 1. The lowest BCUT2D eigenvalue weighted by Gasteiger charge is -2.41. The summed E-state index contributed by atoms with van der Waals surface area (Å²) < 4.78 is 0. The first kappa shape index (κ1) is 16.5. The van der Waals surface area contributed by atoms with E-state index in [0.717, 1.165) is 0 Å². The van der Waals surface area contributed by atoms with Crippen LogP contribution in [0.3, 0.4) is 0 Å². The predicted octanol–water partition coefficient (Wildman–Crippen LogP) is 3.58. The van der Waals surface area contributed by atoms with Gasteiger partial charge in [0, 0.05) is 18.6 Å². The van der Waals surface area contributed by atoms with Crippen LogP contribution in [0, 0.1) is 0 Å². The molecule has 3 heteroatoms. The fourth-order valence-corrected chi connectivity index (χ4v) is 3.23. The van der Waals surface area contributed by atoms with E-state index in [1.54, 1.807) is 0 Å². The van der Waals surface area contributed by atoms with Crippen molar-refractivity contribution in [1.29, 1.82) is 0 Å². The Hall–Kier alpha value is -0.900. The normalized spacial score (nSPS) is 25.2. The SMILES string of the molecule is CC(C)c1ccc(C(CN)NN2C(C)CCCC2C)cc1. The molecule has 118 valence electrons. The van der Waals surface area contributed by atoms with Crippen molar-refractivity contribution < 1.29 is 0 Å². The minimum absolute atomic E-state index is 0.203. The van der Waals surface area contributed by atoms with E-state index in [2.05, 4.69) is 62.4 Å². The molecule has 2 rings (SSSR count). The van der Waals surface area contributed by atoms with Gasteiger partial charge in [-0.15, -0.1) is 0 Å². The van der Waals surface area contributed by atoms with Gasteiger partial charge >= 0.3 is 0 Å². The van der Waals surface area contributed by atoms with E-state index in [-0.39, 0.29) is 6.04 Å². The number of hydrogen-bond donors (Lipinski definition) is 2. The van der Waals surface area contributed by atoms with Gasteiger partial charge in [-0.3, -0.25) is 0 Å². The molecule has 1 aromatic carbocycles. The largest absolute Gasteiger partial charge is 0.329 e. The molecule has 0 radical (unpaired) electrons. The third kappa shape index (κ3) is 4.06. The van der Waals surface area contributed by atoms with Crippen molar-refractivity contribution >= 4 is 0 Å². The lowest BCUT2D eigenvalue weighted by Crippen LogP contribution is -2.54. The van der Waals surface area contributed by atoms with Gasteiger partial charge in [-0.05, 0) is 43.7 Å². The Labute approximate surface area is 129 Å². The van der Waals surface area contributed by atoms with Crippen LogP contribution in [0.15, 0.2) is 24.3 Å². The van der Waals surface area contributed by atoms with Crippen molar-refractivity contribution in [3.8, 4) is 0 Å². The Morgan fingerprint density at radius 3 is 2.10 bits per heavy atom. The van der Waals surface area contributed by atoms with E-state index in [9.17, 15) is 0 Å². The minimum Gasteiger partial charge on any atom is -0.329 e. The second-order valence-electron chi connectivity index (χ2n) is 6.77. The second kappa shape index (κ2) is 7.39. The van der Waals surface area contributed by atoms with E-state index in [4.69, 9.17) is 5.73 Å². The highest BCUT2D eigenvalue weighted by Crippen LogP contribution is 2.24. The monoisotopic (exact) mass is 289 g/mol. The summed E-state index contributed by atoms with van der Waals surface area (Å²) in [5, 5.41) is 2.41. The fraction of sp³-hybridized carbons (Fsp3) is 0.667. The van der Waals surface area contributed by atoms with E-state index in [0.29, 0.717) is 24.5 Å². The van der Waals surface area contributed by atoms with Crippen LogP contribution in [0.1, 0.15) is 70.0 Å². The van der Waals surface area contributed by atoms with E-state index in [1.165, 1.54) is 30.4 Å². The Morgan fingerprint density at radius 1 is 1.10 bits per heavy atom. The summed E-state index contributed by atoms with van der Waals surface area (Å²) in [4.78, 5) is 0. The number of benzene rings is 1. The van der Waals surface area contributed by atoms with Crippen molar-refractivity contribution in [2.24, 2.45) is 5.73 Å². The average Bonchev–Trinajstić information content (AvgIpc) is 2.47. The maximum Gasteiger partial charge on any atom is 0.0587 e. The topological polar surface area (TPSA) is 41.3 Å². The molecular formula is C18H31N3. The Kier molecular flexibility index (Phi) is 5.80. The number of rotatable bonds is 5. The molecule has 1 fully saturated rings. The molecule has 0 spiro atoms. The van der Waals surface area contributed by atoms with Crippen LogP contribution in [-0.2, 0) is 0 Å². The van der Waals surface area contributed by atoms with Gasteiger partial charge < -0.3 is 5.73 Å². The van der Waals surface area contributed by atoms with Gasteiger partial charge in [-0.2, -0.15) is 0 Å². The molecule has 3 N–H and O–H groups in total. The quantitative estimate of drug-likeness (QED) is 0.870. The van der Waals surface area contributed by atoms with E-state index < -0.39 is 0 Å². The first-order valence-corrected chi connectivity index (χ1v) is 8.37. The molecule has 3 unspecified atom stereocenters. The minimum atomic E-state index is 0.203. The van der Waals surface area contributed by atoms with Crippen molar-refractivity contribution in [2.75, 3.05) is 6.54 Å². The van der Waals surface area contributed by atoms with Crippen LogP contribution in [0.4, 0.5) is 0 Å². The summed E-state index contributed by atoms with van der Waals surface area (Å²) in [6, 6.07) is 10.3. The third-order valence-electron chi connectivity index (χ3n) is 4.74. The Balaban J connectivity index is 2.08. The molecule has 0 aromatic heterocycles. The number of hydrogen-bond acceptors (Lipinski definition) is 3. The lowest BCUT2D eigenvalue weighted by molar-refractivity contribution is 0.0304. The summed E-state index contributed by atoms with van der Waals surface area (Å²) >= 11 is 0. The van der Waals surface area contributed by atoms with Gasteiger partial charge in [-0.25, -0.2) is 10.4 Å². The molecule has 1 heterocycles. The van der Waals surface area contributed by atoms with Crippen LogP contribution < -0.4 is 11.2 Å². The standard InChI is InChI=1S/C18H31N3/c1-13(2)16-8-10-17(11-9-16)18(12-19)20-21-14(3)6-5-7-15(21)4/h8-11,13-15,18,20H,5-7,12,19H2,1-4H3. The van der Waals surface area contributed by atoms with Crippen molar-refractivity contribution in [3.63, 3.8) is 0 Å². The molecule has 1 aromatic rings. The van der Waals surface area contributed by atoms with Crippen molar-refractivity contribution in [2.45, 2.75) is 71.0 Å². The number of nitrogens with one attached hydrogen (secondary N) is 1. The van der Waals surface area contributed by atoms with Crippen molar-refractivity contribution in [1.82, 2.24) is 10.4 Å². The van der Waals surface area contributed by atoms with Crippen LogP contribution in [-0.4, -0.2) is 23.6 Å². The second-order valence-corrected chi connectivity index (χ2v) is 6.77. The summed E-state index contributed by atoms with van der Waals surface area (Å²) in [7, 11) is 0.